The number of fused-ring (bicyclic) bond motifs is 5. The highest BCUT2D eigenvalue weighted by atomic mass is 16.7. The van der Waals surface area contributed by atoms with Crippen molar-refractivity contribution in [2.75, 3.05) is 38.1 Å². The molecular formula is C28H26N2O6. The topological polar surface area (TPSA) is 86.3 Å². The maximum absolute atomic E-state index is 14.2. The van der Waals surface area contributed by atoms with Crippen molar-refractivity contribution in [2.45, 2.75) is 18.9 Å². The summed E-state index contributed by atoms with van der Waals surface area (Å²) < 4.78 is 22.5. The Morgan fingerprint density at radius 1 is 1.00 bits per heavy atom. The second kappa shape index (κ2) is 8.87. The van der Waals surface area contributed by atoms with Gasteiger partial charge >= 0.3 is 0 Å². The van der Waals surface area contributed by atoms with Crippen molar-refractivity contribution in [1.82, 2.24) is 5.32 Å². The molecular weight excluding hydrogens is 460 g/mol. The average molecular weight is 487 g/mol. The number of carbonyl (C=O) groups excluding carboxylic acids is 2. The number of rotatable bonds is 7. The van der Waals surface area contributed by atoms with E-state index in [0.717, 1.165) is 22.4 Å². The van der Waals surface area contributed by atoms with Gasteiger partial charge in [0.2, 0.25) is 12.7 Å². The molecule has 0 radical (unpaired) electrons. The van der Waals surface area contributed by atoms with E-state index in [4.69, 9.17) is 18.9 Å². The molecule has 2 amide bonds. The van der Waals surface area contributed by atoms with Crippen molar-refractivity contribution in [1.29, 1.82) is 0 Å². The predicted molar refractivity (Wildman–Crippen MR) is 132 cm³/mol. The van der Waals surface area contributed by atoms with E-state index in [0.29, 0.717) is 42.6 Å². The Hall–Kier alpha value is -4.04. The van der Waals surface area contributed by atoms with Crippen molar-refractivity contribution in [3.05, 3.63) is 82.9 Å². The maximum Gasteiger partial charge on any atom is 0.251 e. The van der Waals surface area contributed by atoms with Gasteiger partial charge in [-0.2, -0.15) is 0 Å². The maximum atomic E-state index is 14.2. The average Bonchev–Trinajstić information content (AvgIpc) is 3.58. The van der Waals surface area contributed by atoms with E-state index in [-0.39, 0.29) is 31.8 Å². The van der Waals surface area contributed by atoms with E-state index in [1.165, 1.54) is 0 Å². The number of para-hydroxylation sites is 1. The van der Waals surface area contributed by atoms with E-state index in [1.54, 1.807) is 17.0 Å². The number of benzene rings is 3. The van der Waals surface area contributed by atoms with E-state index in [1.807, 2.05) is 55.5 Å². The van der Waals surface area contributed by atoms with Crippen LogP contribution in [0.5, 0.6) is 17.2 Å². The zero-order valence-corrected chi connectivity index (χ0v) is 19.9. The number of hydrogen-bond donors (Lipinski definition) is 1. The molecule has 1 atom stereocenters. The highest BCUT2D eigenvalue weighted by Crippen LogP contribution is 2.55. The highest BCUT2D eigenvalue weighted by Gasteiger charge is 2.57. The fourth-order valence-electron chi connectivity index (χ4n) is 5.25. The lowest BCUT2D eigenvalue weighted by atomic mass is 9.77. The molecule has 6 rings (SSSR count). The predicted octanol–water partition coefficient (Wildman–Crippen LogP) is 3.41. The lowest BCUT2D eigenvalue weighted by molar-refractivity contribution is -0.122. The molecule has 8 heteroatoms. The summed E-state index contributed by atoms with van der Waals surface area (Å²) in [6, 6.07) is 18.8. The molecule has 184 valence electrons. The first-order valence-electron chi connectivity index (χ1n) is 12.1. The van der Waals surface area contributed by atoms with Gasteiger partial charge in [0.25, 0.3) is 5.91 Å². The molecule has 1 spiro atoms. The van der Waals surface area contributed by atoms with Crippen LogP contribution in [-0.4, -0.2) is 45.0 Å². The highest BCUT2D eigenvalue weighted by molar-refractivity contribution is 6.11. The third-order valence-electron chi connectivity index (χ3n) is 6.97. The lowest BCUT2D eigenvalue weighted by Gasteiger charge is -2.24. The summed E-state index contributed by atoms with van der Waals surface area (Å²) >= 11 is 0. The molecule has 1 unspecified atom stereocenters. The third-order valence-corrected chi connectivity index (χ3v) is 6.97. The molecule has 3 aliphatic heterocycles. The molecule has 0 aromatic heterocycles. The van der Waals surface area contributed by atoms with Crippen LogP contribution in [-0.2, 0) is 21.5 Å². The molecule has 0 saturated carbocycles. The zero-order chi connectivity index (χ0) is 24.7. The second-order valence-electron chi connectivity index (χ2n) is 8.91. The Morgan fingerprint density at radius 2 is 1.78 bits per heavy atom. The second-order valence-corrected chi connectivity index (χ2v) is 8.91. The molecule has 36 heavy (non-hydrogen) atoms. The first-order chi connectivity index (χ1) is 17.6. The van der Waals surface area contributed by atoms with Crippen molar-refractivity contribution in [3.8, 4) is 17.2 Å². The van der Waals surface area contributed by atoms with Crippen molar-refractivity contribution < 1.29 is 28.5 Å². The largest absolute Gasteiger partial charge is 0.491 e. The quantitative estimate of drug-likeness (QED) is 0.515. The van der Waals surface area contributed by atoms with Crippen LogP contribution in [0.1, 0.15) is 34.0 Å². The van der Waals surface area contributed by atoms with Crippen LogP contribution in [0.15, 0.2) is 60.7 Å². The number of hydrogen-bond acceptors (Lipinski definition) is 6. The normalized spacial score (nSPS) is 18.8. The smallest absolute Gasteiger partial charge is 0.251 e. The Morgan fingerprint density at radius 3 is 2.64 bits per heavy atom. The lowest BCUT2D eigenvalue weighted by Crippen LogP contribution is -2.42. The van der Waals surface area contributed by atoms with Crippen LogP contribution >= 0.6 is 0 Å². The van der Waals surface area contributed by atoms with Crippen molar-refractivity contribution in [2.24, 2.45) is 0 Å². The standard InChI is InChI=1S/C28H26N2O6/c1-2-33-12-11-29-26(31)19-8-4-3-7-18(19)15-30-22-10-6-5-9-20(22)28(27(30)32)16-34-23-14-25-24(13-21(23)28)35-17-36-25/h3-10,13-14H,2,11-12,15-17H2,1H3,(H,29,31). The van der Waals surface area contributed by atoms with Crippen LogP contribution in [0.4, 0.5) is 5.69 Å². The summed E-state index contributed by atoms with van der Waals surface area (Å²) in [5, 5.41) is 2.90. The Kier molecular flexibility index (Phi) is 5.53. The van der Waals surface area contributed by atoms with E-state index < -0.39 is 5.41 Å². The first-order valence-corrected chi connectivity index (χ1v) is 12.1. The van der Waals surface area contributed by atoms with Gasteiger partial charge in [0.1, 0.15) is 17.8 Å². The Bertz CT molecular complexity index is 1360. The summed E-state index contributed by atoms with van der Waals surface area (Å²) in [6.45, 7) is 3.97. The van der Waals surface area contributed by atoms with E-state index in [2.05, 4.69) is 5.32 Å². The number of nitrogens with zero attached hydrogens (tertiary/aromatic N) is 1. The molecule has 3 aromatic rings. The fourth-order valence-corrected chi connectivity index (χ4v) is 5.25. The van der Waals surface area contributed by atoms with Gasteiger partial charge in [0.05, 0.1) is 13.2 Å². The van der Waals surface area contributed by atoms with Crippen molar-refractivity contribution in [3.63, 3.8) is 0 Å². The van der Waals surface area contributed by atoms with Gasteiger partial charge in [-0.05, 0) is 36.2 Å². The molecule has 3 aromatic carbocycles. The summed E-state index contributed by atoms with van der Waals surface area (Å²) in [5.74, 6) is 1.57. The minimum absolute atomic E-state index is 0.0899. The zero-order valence-electron chi connectivity index (χ0n) is 19.9. The van der Waals surface area contributed by atoms with Gasteiger partial charge in [-0.15, -0.1) is 0 Å². The monoisotopic (exact) mass is 486 g/mol. The summed E-state index contributed by atoms with van der Waals surface area (Å²) in [5.41, 5.74) is 2.77. The molecule has 1 N–H and O–H groups in total. The Balaban J connectivity index is 1.35. The van der Waals surface area contributed by atoms with Crippen LogP contribution in [0.25, 0.3) is 0 Å². The molecule has 8 nitrogen and oxygen atoms in total. The number of carbonyl (C=O) groups is 2. The number of amides is 2. The van der Waals surface area contributed by atoms with Gasteiger partial charge in [-0.3, -0.25) is 9.59 Å². The number of ether oxygens (including phenoxy) is 4. The Labute approximate surface area is 208 Å². The molecule has 0 fully saturated rings. The molecule has 0 saturated heterocycles. The number of nitrogens with one attached hydrogen (secondary N) is 1. The van der Waals surface area contributed by atoms with Gasteiger partial charge in [-0.1, -0.05) is 36.4 Å². The fraction of sp³-hybridized carbons (Fsp3) is 0.286. The SMILES string of the molecule is CCOCCNC(=O)c1ccccc1CN1C(=O)C2(COc3cc4c(cc32)OCO4)c2ccccc21. The molecule has 0 bridgehead atoms. The molecule has 3 heterocycles. The van der Waals surface area contributed by atoms with Gasteiger partial charge in [0, 0.05) is 36.0 Å². The van der Waals surface area contributed by atoms with E-state index >= 15 is 0 Å². The first kappa shape index (κ1) is 22.4. The number of anilines is 1. The van der Waals surface area contributed by atoms with Crippen LogP contribution in [0.3, 0.4) is 0 Å². The van der Waals surface area contributed by atoms with Gasteiger partial charge in [0.15, 0.2) is 11.5 Å². The van der Waals surface area contributed by atoms with Crippen molar-refractivity contribution >= 4 is 17.5 Å². The summed E-state index contributed by atoms with van der Waals surface area (Å²) in [7, 11) is 0. The third kappa shape index (κ3) is 3.40. The van der Waals surface area contributed by atoms with Crippen LogP contribution < -0.4 is 24.4 Å². The minimum Gasteiger partial charge on any atom is -0.491 e. The minimum atomic E-state index is -0.985. The van der Waals surface area contributed by atoms with E-state index in [9.17, 15) is 9.59 Å². The van der Waals surface area contributed by atoms with Crippen LogP contribution in [0.2, 0.25) is 0 Å². The van der Waals surface area contributed by atoms with Gasteiger partial charge in [-0.25, -0.2) is 0 Å². The van der Waals surface area contributed by atoms with Crippen LogP contribution in [0, 0.1) is 0 Å². The molecule has 0 aliphatic carbocycles. The van der Waals surface area contributed by atoms with Gasteiger partial charge < -0.3 is 29.2 Å². The summed E-state index contributed by atoms with van der Waals surface area (Å²) in [4.78, 5) is 28.9. The summed E-state index contributed by atoms with van der Waals surface area (Å²) in [6.07, 6.45) is 0. The molecule has 3 aliphatic rings.